The molecule has 8 nitrogen and oxygen atoms in total. The van der Waals surface area contributed by atoms with E-state index in [0.29, 0.717) is 0 Å². The van der Waals surface area contributed by atoms with Gasteiger partial charge in [0.25, 0.3) is 0 Å². The Balaban J connectivity index is 1.36. The second kappa shape index (κ2) is 16.9. The van der Waals surface area contributed by atoms with Gasteiger partial charge in [-0.3, -0.25) is 0 Å². The van der Waals surface area contributed by atoms with Crippen molar-refractivity contribution in [1.82, 2.24) is 0 Å². The fourth-order valence-electron chi connectivity index (χ4n) is 5.92. The van der Waals surface area contributed by atoms with E-state index in [1.54, 1.807) is 0 Å². The predicted molar refractivity (Wildman–Crippen MR) is 217 cm³/mol. The molecule has 8 heteroatoms. The fraction of sp³-hybridized carbons (Fsp3) is 0.333. The number of rotatable bonds is 10. The lowest BCUT2D eigenvalue weighted by Gasteiger charge is -2.16. The summed E-state index contributed by atoms with van der Waals surface area (Å²) >= 11 is 0. The molecule has 0 bridgehead atoms. The van der Waals surface area contributed by atoms with Crippen LogP contribution in [-0.2, 0) is 0 Å². The lowest BCUT2D eigenvalue weighted by atomic mass is 9.98. The van der Waals surface area contributed by atoms with Gasteiger partial charge in [-0.25, -0.2) is 0 Å². The Morgan fingerprint density at radius 3 is 0.780 bits per heavy atom. The minimum atomic E-state index is 0.886. The summed E-state index contributed by atoms with van der Waals surface area (Å²) in [5.41, 5.74) is 12.9. The van der Waals surface area contributed by atoms with Gasteiger partial charge in [0.1, 0.15) is 11.4 Å². The summed E-state index contributed by atoms with van der Waals surface area (Å²) in [7, 11) is 16.4. The first-order chi connectivity index (χ1) is 24.1. The molecule has 0 spiro atoms. The highest BCUT2D eigenvalue weighted by Gasteiger charge is 2.14. The maximum absolute atomic E-state index is 4.91. The zero-order chi connectivity index (χ0) is 35.6. The summed E-state index contributed by atoms with van der Waals surface area (Å²) in [6, 6.07) is 34.2. The Bertz CT molecular complexity index is 1560. The largest absolute Gasteiger partial charge is 0.378 e. The van der Waals surface area contributed by atoms with Gasteiger partial charge in [-0.05, 0) is 87.1 Å². The minimum absolute atomic E-state index is 0.886. The number of hydrogen-bond donors (Lipinski definition) is 0. The molecule has 50 heavy (non-hydrogen) atoms. The van der Waals surface area contributed by atoms with Gasteiger partial charge in [-0.1, -0.05) is 48.5 Å². The maximum atomic E-state index is 4.91. The lowest BCUT2D eigenvalue weighted by Crippen LogP contribution is -2.11. The summed E-state index contributed by atoms with van der Waals surface area (Å²) in [5, 5.41) is 19.6. The van der Waals surface area contributed by atoms with Crippen molar-refractivity contribution in [3.8, 4) is 0 Å². The summed E-state index contributed by atoms with van der Waals surface area (Å²) in [6.45, 7) is 0. The molecule has 1 aliphatic carbocycles. The summed E-state index contributed by atoms with van der Waals surface area (Å²) in [4.78, 5) is 8.43. The number of nitrogens with zero attached hydrogens (tertiary/aromatic N) is 8. The van der Waals surface area contributed by atoms with Crippen LogP contribution in [0, 0.1) is 0 Å². The van der Waals surface area contributed by atoms with E-state index in [0.717, 1.165) is 106 Å². The normalized spacial score (nSPS) is 13.0. The van der Waals surface area contributed by atoms with Crippen molar-refractivity contribution in [3.05, 3.63) is 119 Å². The summed E-state index contributed by atoms with van der Waals surface area (Å²) < 4.78 is 0. The van der Waals surface area contributed by atoms with Crippen LogP contribution < -0.4 is 19.6 Å². The zero-order valence-electron chi connectivity index (χ0n) is 31.1. The SMILES string of the molecule is CN(C)c1ccc(C(=NN=C2CCCC(=NN=C(c3ccc(N(C)C)cc3)c3ccc(N(C)C)cc3)CCC2)c2ccc(N(C)C)cc2)cc1. The quantitative estimate of drug-likeness (QED) is 0.126. The third-order valence-corrected chi connectivity index (χ3v) is 9.07. The van der Waals surface area contributed by atoms with Crippen molar-refractivity contribution in [1.29, 1.82) is 0 Å². The number of benzene rings is 4. The fourth-order valence-corrected chi connectivity index (χ4v) is 5.92. The molecule has 0 N–H and O–H groups in total. The van der Waals surface area contributed by atoms with Crippen molar-refractivity contribution < 1.29 is 0 Å². The van der Waals surface area contributed by atoms with E-state index in [2.05, 4.69) is 173 Å². The third-order valence-electron chi connectivity index (χ3n) is 9.07. The Labute approximate surface area is 299 Å². The first-order valence-electron chi connectivity index (χ1n) is 17.5. The van der Waals surface area contributed by atoms with E-state index in [9.17, 15) is 0 Å². The number of hydrogen-bond acceptors (Lipinski definition) is 8. The lowest BCUT2D eigenvalue weighted by molar-refractivity contribution is 0.793. The van der Waals surface area contributed by atoms with E-state index < -0.39 is 0 Å². The van der Waals surface area contributed by atoms with Gasteiger partial charge in [0.15, 0.2) is 0 Å². The summed E-state index contributed by atoms with van der Waals surface area (Å²) in [6.07, 6.45) is 5.51. The molecular formula is C42H52N8. The molecule has 0 aromatic heterocycles. The van der Waals surface area contributed by atoms with Crippen LogP contribution in [0.5, 0.6) is 0 Å². The predicted octanol–water partition coefficient (Wildman–Crippen LogP) is 8.39. The smallest absolute Gasteiger partial charge is 0.100 e. The second-order valence-electron chi connectivity index (χ2n) is 13.7. The van der Waals surface area contributed by atoms with Gasteiger partial charge >= 0.3 is 0 Å². The molecule has 4 aromatic rings. The Morgan fingerprint density at radius 1 is 0.360 bits per heavy atom. The zero-order valence-corrected chi connectivity index (χ0v) is 31.1. The van der Waals surface area contributed by atoms with Crippen LogP contribution in [0.3, 0.4) is 0 Å². The minimum Gasteiger partial charge on any atom is -0.378 e. The van der Waals surface area contributed by atoms with E-state index in [1.807, 2.05) is 0 Å². The van der Waals surface area contributed by atoms with Crippen LogP contribution in [0.1, 0.15) is 60.8 Å². The molecule has 1 fully saturated rings. The van der Waals surface area contributed by atoms with Gasteiger partial charge in [0.05, 0.1) is 0 Å². The van der Waals surface area contributed by atoms with Crippen molar-refractivity contribution >= 4 is 45.6 Å². The van der Waals surface area contributed by atoms with E-state index in [4.69, 9.17) is 20.4 Å². The third kappa shape index (κ3) is 9.47. The molecule has 260 valence electrons. The molecule has 0 amide bonds. The number of anilines is 4. The first kappa shape index (κ1) is 36.1. The molecule has 1 saturated carbocycles. The topological polar surface area (TPSA) is 62.4 Å². The average molecular weight is 669 g/mol. The standard InChI is InChI=1S/C42H52N8/c1-47(2)37-23-15-31(16-24-37)41(32-17-25-38(26-18-32)48(3)4)45-43-35-11-9-13-36(14-10-12-35)44-46-42(33-19-27-39(28-20-33)49(5)6)34-21-29-40(30-22-34)50(7)8/h15-30H,9-14H2,1-8H3. The Morgan fingerprint density at radius 2 is 0.580 bits per heavy atom. The molecule has 0 heterocycles. The van der Waals surface area contributed by atoms with Crippen molar-refractivity contribution in [2.24, 2.45) is 20.4 Å². The van der Waals surface area contributed by atoms with Crippen LogP contribution in [0.25, 0.3) is 0 Å². The van der Waals surface area contributed by atoms with Gasteiger partial charge < -0.3 is 19.6 Å². The Hall–Kier alpha value is -5.24. The monoisotopic (exact) mass is 668 g/mol. The van der Waals surface area contributed by atoms with Crippen LogP contribution in [0.15, 0.2) is 117 Å². The molecule has 1 aliphatic rings. The van der Waals surface area contributed by atoms with Gasteiger partial charge in [0.2, 0.25) is 0 Å². The molecule has 4 aromatic carbocycles. The van der Waals surface area contributed by atoms with Crippen molar-refractivity contribution in [2.75, 3.05) is 76.0 Å². The van der Waals surface area contributed by atoms with Crippen molar-refractivity contribution in [3.63, 3.8) is 0 Å². The van der Waals surface area contributed by atoms with Crippen molar-refractivity contribution in [2.45, 2.75) is 38.5 Å². The Kier molecular flexibility index (Phi) is 12.2. The molecule has 5 rings (SSSR count). The van der Waals surface area contributed by atoms with Crippen LogP contribution in [0.2, 0.25) is 0 Å². The molecule has 0 radical (unpaired) electrons. The van der Waals surface area contributed by atoms with E-state index in [1.165, 1.54) is 0 Å². The summed E-state index contributed by atoms with van der Waals surface area (Å²) in [5.74, 6) is 0. The molecular weight excluding hydrogens is 617 g/mol. The highest BCUT2D eigenvalue weighted by atomic mass is 15.2. The van der Waals surface area contributed by atoms with E-state index in [-0.39, 0.29) is 0 Å². The highest BCUT2D eigenvalue weighted by Crippen LogP contribution is 2.22. The maximum Gasteiger partial charge on any atom is 0.100 e. The molecule has 0 unspecified atom stereocenters. The first-order valence-corrected chi connectivity index (χ1v) is 17.5. The van der Waals surface area contributed by atoms with Gasteiger partial charge in [-0.15, -0.1) is 10.2 Å². The molecule has 0 atom stereocenters. The van der Waals surface area contributed by atoms with Gasteiger partial charge in [-0.2, -0.15) is 10.2 Å². The highest BCUT2D eigenvalue weighted by molar-refractivity contribution is 6.14. The average Bonchev–Trinajstić information content (AvgIpc) is 3.10. The van der Waals surface area contributed by atoms with Crippen LogP contribution in [0.4, 0.5) is 22.7 Å². The van der Waals surface area contributed by atoms with Gasteiger partial charge in [0, 0.05) is 113 Å². The molecule has 0 saturated heterocycles. The molecule has 0 aliphatic heterocycles. The van der Waals surface area contributed by atoms with E-state index >= 15 is 0 Å². The van der Waals surface area contributed by atoms with Crippen LogP contribution >= 0.6 is 0 Å². The van der Waals surface area contributed by atoms with Crippen LogP contribution in [-0.4, -0.2) is 79.2 Å². The second-order valence-corrected chi connectivity index (χ2v) is 13.7.